The Kier molecular flexibility index (Phi) is 4.13. The summed E-state index contributed by atoms with van der Waals surface area (Å²) in [5.74, 6) is 0.923. The van der Waals surface area contributed by atoms with E-state index in [4.69, 9.17) is 22.1 Å². The second-order valence-corrected chi connectivity index (χ2v) is 5.15. The quantitative estimate of drug-likeness (QED) is 0.918. The van der Waals surface area contributed by atoms with Crippen LogP contribution in [-0.4, -0.2) is 7.11 Å². The number of hydrogen-bond acceptors (Lipinski definition) is 2. The van der Waals surface area contributed by atoms with Crippen LogP contribution >= 0.6 is 11.6 Å². The molecule has 0 aliphatic carbocycles. The smallest absolute Gasteiger partial charge is 0.124 e. The van der Waals surface area contributed by atoms with Crippen molar-refractivity contribution in [3.05, 3.63) is 63.7 Å². The van der Waals surface area contributed by atoms with Gasteiger partial charge in [-0.25, -0.2) is 0 Å². The molecule has 1 atom stereocenters. The van der Waals surface area contributed by atoms with Crippen LogP contribution in [0.25, 0.3) is 0 Å². The van der Waals surface area contributed by atoms with Gasteiger partial charge in [0.1, 0.15) is 5.75 Å². The first-order valence-corrected chi connectivity index (χ1v) is 6.57. The number of methoxy groups -OCH3 is 1. The second kappa shape index (κ2) is 5.64. The maximum absolute atomic E-state index is 6.31. The molecule has 0 heterocycles. The zero-order chi connectivity index (χ0) is 14.0. The van der Waals surface area contributed by atoms with Crippen LogP contribution in [0.4, 0.5) is 0 Å². The SMILES string of the molecule is COc1c(C)cc(C(N)c2ccc(Cl)cc2)cc1C. The van der Waals surface area contributed by atoms with Gasteiger partial charge in [-0.05, 0) is 48.2 Å². The molecule has 2 rings (SSSR count). The third-order valence-electron chi connectivity index (χ3n) is 3.28. The van der Waals surface area contributed by atoms with Crippen molar-refractivity contribution in [2.45, 2.75) is 19.9 Å². The van der Waals surface area contributed by atoms with Gasteiger partial charge in [0.05, 0.1) is 13.2 Å². The Morgan fingerprint density at radius 2 is 1.53 bits per heavy atom. The summed E-state index contributed by atoms with van der Waals surface area (Å²) in [7, 11) is 1.69. The van der Waals surface area contributed by atoms with E-state index in [-0.39, 0.29) is 6.04 Å². The lowest BCUT2D eigenvalue weighted by atomic mass is 9.96. The Labute approximate surface area is 119 Å². The van der Waals surface area contributed by atoms with E-state index in [9.17, 15) is 0 Å². The minimum Gasteiger partial charge on any atom is -0.496 e. The Morgan fingerprint density at radius 3 is 2.00 bits per heavy atom. The molecule has 0 bridgehead atoms. The number of halogens is 1. The van der Waals surface area contributed by atoms with Gasteiger partial charge in [-0.15, -0.1) is 0 Å². The molecule has 2 aromatic rings. The molecule has 2 N–H and O–H groups in total. The largest absolute Gasteiger partial charge is 0.496 e. The summed E-state index contributed by atoms with van der Waals surface area (Å²) in [6.45, 7) is 4.06. The van der Waals surface area contributed by atoms with E-state index < -0.39 is 0 Å². The fraction of sp³-hybridized carbons (Fsp3) is 0.250. The zero-order valence-electron chi connectivity index (χ0n) is 11.4. The predicted octanol–water partition coefficient (Wildman–Crippen LogP) is 4.01. The molecule has 2 nitrogen and oxygen atoms in total. The summed E-state index contributed by atoms with van der Waals surface area (Å²) in [6.07, 6.45) is 0. The molecular weight excluding hydrogens is 258 g/mol. The molecule has 3 heteroatoms. The lowest BCUT2D eigenvalue weighted by molar-refractivity contribution is 0.408. The highest BCUT2D eigenvalue weighted by Crippen LogP contribution is 2.29. The first kappa shape index (κ1) is 13.9. The van der Waals surface area contributed by atoms with E-state index in [0.29, 0.717) is 0 Å². The summed E-state index contributed by atoms with van der Waals surface area (Å²) in [5.41, 5.74) is 10.6. The molecule has 1 unspecified atom stereocenters. The van der Waals surface area contributed by atoms with Crippen LogP contribution in [0.15, 0.2) is 36.4 Å². The van der Waals surface area contributed by atoms with Crippen LogP contribution in [0.2, 0.25) is 5.02 Å². The van der Waals surface area contributed by atoms with Crippen molar-refractivity contribution in [2.75, 3.05) is 7.11 Å². The Balaban J connectivity index is 2.39. The van der Waals surface area contributed by atoms with Gasteiger partial charge in [0.2, 0.25) is 0 Å². The second-order valence-electron chi connectivity index (χ2n) is 4.72. The molecule has 0 spiro atoms. The monoisotopic (exact) mass is 275 g/mol. The van der Waals surface area contributed by atoms with E-state index in [1.807, 2.05) is 38.1 Å². The molecule has 0 aliphatic heterocycles. The van der Waals surface area contributed by atoms with Crippen molar-refractivity contribution >= 4 is 11.6 Å². The Hall–Kier alpha value is -1.51. The fourth-order valence-electron chi connectivity index (χ4n) is 2.35. The van der Waals surface area contributed by atoms with Crippen molar-refractivity contribution in [1.82, 2.24) is 0 Å². The lowest BCUT2D eigenvalue weighted by Crippen LogP contribution is -2.12. The van der Waals surface area contributed by atoms with E-state index in [2.05, 4.69) is 12.1 Å². The third-order valence-corrected chi connectivity index (χ3v) is 3.53. The number of hydrogen-bond donors (Lipinski definition) is 1. The summed E-state index contributed by atoms with van der Waals surface area (Å²) in [4.78, 5) is 0. The highest BCUT2D eigenvalue weighted by atomic mass is 35.5. The van der Waals surface area contributed by atoms with Crippen molar-refractivity contribution in [3.63, 3.8) is 0 Å². The number of ether oxygens (including phenoxy) is 1. The van der Waals surface area contributed by atoms with Gasteiger partial charge >= 0.3 is 0 Å². The molecule has 0 radical (unpaired) electrons. The average molecular weight is 276 g/mol. The lowest BCUT2D eigenvalue weighted by Gasteiger charge is -2.17. The van der Waals surface area contributed by atoms with Crippen LogP contribution in [-0.2, 0) is 0 Å². The number of aryl methyl sites for hydroxylation is 2. The van der Waals surface area contributed by atoms with Crippen LogP contribution in [0.1, 0.15) is 28.3 Å². The van der Waals surface area contributed by atoms with Crippen LogP contribution in [0.3, 0.4) is 0 Å². The van der Waals surface area contributed by atoms with Gasteiger partial charge in [-0.2, -0.15) is 0 Å². The Bertz CT molecular complexity index is 555. The first-order chi connectivity index (χ1) is 9.02. The molecule has 0 saturated heterocycles. The summed E-state index contributed by atoms with van der Waals surface area (Å²) >= 11 is 5.90. The summed E-state index contributed by atoms with van der Waals surface area (Å²) in [5, 5.41) is 0.720. The van der Waals surface area contributed by atoms with Crippen molar-refractivity contribution in [2.24, 2.45) is 5.73 Å². The highest BCUT2D eigenvalue weighted by molar-refractivity contribution is 6.30. The standard InChI is InChI=1S/C16H18ClNO/c1-10-8-13(9-11(2)16(10)19-3)15(18)12-4-6-14(17)7-5-12/h4-9,15H,18H2,1-3H3. The predicted molar refractivity (Wildman–Crippen MR) is 80.0 cm³/mol. The summed E-state index contributed by atoms with van der Waals surface area (Å²) in [6, 6.07) is 11.6. The van der Waals surface area contributed by atoms with Crippen LogP contribution in [0, 0.1) is 13.8 Å². The molecular formula is C16H18ClNO. The molecule has 0 fully saturated rings. The van der Waals surface area contributed by atoms with E-state index in [1.54, 1.807) is 7.11 Å². The topological polar surface area (TPSA) is 35.2 Å². The minimum atomic E-state index is -0.152. The fourth-order valence-corrected chi connectivity index (χ4v) is 2.47. The van der Waals surface area contributed by atoms with Gasteiger partial charge < -0.3 is 10.5 Å². The maximum Gasteiger partial charge on any atom is 0.124 e. The maximum atomic E-state index is 6.31. The number of benzene rings is 2. The summed E-state index contributed by atoms with van der Waals surface area (Å²) < 4.78 is 5.37. The van der Waals surface area contributed by atoms with Gasteiger partial charge in [-0.1, -0.05) is 35.9 Å². The molecule has 19 heavy (non-hydrogen) atoms. The van der Waals surface area contributed by atoms with Gasteiger partial charge in [0.15, 0.2) is 0 Å². The van der Waals surface area contributed by atoms with Crippen LogP contribution < -0.4 is 10.5 Å². The van der Waals surface area contributed by atoms with Gasteiger partial charge in [-0.3, -0.25) is 0 Å². The average Bonchev–Trinajstić information content (AvgIpc) is 2.38. The molecule has 100 valence electrons. The first-order valence-electron chi connectivity index (χ1n) is 6.19. The zero-order valence-corrected chi connectivity index (χ0v) is 12.2. The molecule has 2 aromatic carbocycles. The van der Waals surface area contributed by atoms with E-state index in [0.717, 1.165) is 33.0 Å². The molecule has 0 aliphatic rings. The highest BCUT2D eigenvalue weighted by Gasteiger charge is 2.12. The minimum absolute atomic E-state index is 0.152. The van der Waals surface area contributed by atoms with Crippen LogP contribution in [0.5, 0.6) is 5.75 Å². The molecule has 0 aromatic heterocycles. The van der Waals surface area contributed by atoms with Crippen molar-refractivity contribution in [3.8, 4) is 5.75 Å². The van der Waals surface area contributed by atoms with E-state index in [1.165, 1.54) is 0 Å². The third kappa shape index (κ3) is 2.91. The number of nitrogens with two attached hydrogens (primary N) is 1. The normalized spacial score (nSPS) is 12.3. The van der Waals surface area contributed by atoms with Crippen molar-refractivity contribution < 1.29 is 4.74 Å². The van der Waals surface area contributed by atoms with Gasteiger partial charge in [0, 0.05) is 5.02 Å². The van der Waals surface area contributed by atoms with Gasteiger partial charge in [0.25, 0.3) is 0 Å². The van der Waals surface area contributed by atoms with Crippen molar-refractivity contribution in [1.29, 1.82) is 0 Å². The Morgan fingerprint density at radius 1 is 1.00 bits per heavy atom. The molecule has 0 amide bonds. The molecule has 0 saturated carbocycles. The number of rotatable bonds is 3. The van der Waals surface area contributed by atoms with E-state index >= 15 is 0 Å².